The maximum atomic E-state index is 11.5. The van der Waals surface area contributed by atoms with Gasteiger partial charge in [0.1, 0.15) is 16.3 Å². The van der Waals surface area contributed by atoms with Gasteiger partial charge in [-0.15, -0.1) is 11.3 Å². The summed E-state index contributed by atoms with van der Waals surface area (Å²) in [6, 6.07) is -0.335. The molecular weight excluding hydrogens is 254 g/mol. The molecule has 0 fully saturated rings. The Morgan fingerprint density at radius 3 is 2.56 bits per heavy atom. The minimum absolute atomic E-state index is 0.202. The van der Waals surface area contributed by atoms with Crippen molar-refractivity contribution >= 4 is 23.3 Å². The molecule has 1 heterocycles. The lowest BCUT2D eigenvalue weighted by molar-refractivity contribution is 0.0508. The molecule has 0 aliphatic rings. The first-order valence-electron chi connectivity index (χ1n) is 5.44. The summed E-state index contributed by atoms with van der Waals surface area (Å²) in [5, 5.41) is 4.81. The number of primary amides is 1. The summed E-state index contributed by atoms with van der Waals surface area (Å²) in [6.45, 7) is 7.11. The number of hydrogen-bond acceptors (Lipinski definition) is 5. The summed E-state index contributed by atoms with van der Waals surface area (Å²) in [5.74, 6) is -0.582. The van der Waals surface area contributed by atoms with Gasteiger partial charge in [0, 0.05) is 5.38 Å². The summed E-state index contributed by atoms with van der Waals surface area (Å²) >= 11 is 1.26. The van der Waals surface area contributed by atoms with Crippen molar-refractivity contribution in [1.29, 1.82) is 0 Å². The van der Waals surface area contributed by atoms with E-state index in [1.807, 2.05) is 0 Å². The average Bonchev–Trinajstić information content (AvgIpc) is 2.62. The number of thiazole rings is 1. The van der Waals surface area contributed by atoms with E-state index in [1.54, 1.807) is 33.1 Å². The molecular formula is C11H17N3O3S. The van der Waals surface area contributed by atoms with Crippen LogP contribution < -0.4 is 11.1 Å². The number of alkyl carbamates (subject to hydrolysis) is 1. The third-order valence-electron chi connectivity index (χ3n) is 1.88. The van der Waals surface area contributed by atoms with Gasteiger partial charge in [0.15, 0.2) is 0 Å². The second-order valence-electron chi connectivity index (χ2n) is 4.80. The fraction of sp³-hybridized carbons (Fsp3) is 0.545. The maximum Gasteiger partial charge on any atom is 0.408 e. The molecule has 6 nitrogen and oxygen atoms in total. The number of ether oxygens (including phenoxy) is 1. The summed E-state index contributed by atoms with van der Waals surface area (Å²) < 4.78 is 5.12. The lowest BCUT2D eigenvalue weighted by Gasteiger charge is -2.21. The summed E-state index contributed by atoms with van der Waals surface area (Å²) in [5.41, 5.74) is 4.76. The van der Waals surface area contributed by atoms with Gasteiger partial charge in [0.25, 0.3) is 5.91 Å². The zero-order chi connectivity index (χ0) is 13.9. The van der Waals surface area contributed by atoms with Crippen LogP contribution in [-0.4, -0.2) is 22.6 Å². The quantitative estimate of drug-likeness (QED) is 0.876. The van der Waals surface area contributed by atoms with E-state index in [9.17, 15) is 9.59 Å². The molecule has 1 aromatic heterocycles. The molecule has 1 atom stereocenters. The van der Waals surface area contributed by atoms with Gasteiger partial charge in [-0.3, -0.25) is 4.79 Å². The van der Waals surface area contributed by atoms with Crippen molar-refractivity contribution in [2.24, 2.45) is 5.73 Å². The molecule has 0 aromatic carbocycles. The lowest BCUT2D eigenvalue weighted by Crippen LogP contribution is -2.34. The molecule has 0 spiro atoms. The number of aromatic nitrogens is 1. The summed E-state index contributed by atoms with van der Waals surface area (Å²) in [6.07, 6.45) is -0.522. The second-order valence-corrected chi connectivity index (χ2v) is 5.69. The number of carbonyl (C=O) groups is 2. The van der Waals surface area contributed by atoms with Crippen LogP contribution in [0.25, 0.3) is 0 Å². The Bertz CT molecular complexity index is 451. The number of nitrogens with two attached hydrogens (primary N) is 1. The van der Waals surface area contributed by atoms with Gasteiger partial charge < -0.3 is 15.8 Å². The standard InChI is InChI=1S/C11H17N3O3S/c1-6(13-10(16)17-11(2,3)4)9-14-7(5-18-9)8(12)15/h5-6H,1-4H3,(H2,12,15)(H,13,16)/t6-/m0/s1. The Balaban J connectivity index is 2.62. The number of rotatable bonds is 3. The smallest absolute Gasteiger partial charge is 0.408 e. The minimum Gasteiger partial charge on any atom is -0.444 e. The van der Waals surface area contributed by atoms with Crippen LogP contribution in [0.2, 0.25) is 0 Å². The lowest BCUT2D eigenvalue weighted by atomic mass is 10.2. The highest BCUT2D eigenvalue weighted by Crippen LogP contribution is 2.18. The van der Waals surface area contributed by atoms with Gasteiger partial charge in [0.05, 0.1) is 6.04 Å². The molecule has 2 amide bonds. The van der Waals surface area contributed by atoms with E-state index < -0.39 is 17.6 Å². The average molecular weight is 271 g/mol. The van der Waals surface area contributed by atoms with Crippen LogP contribution in [0.5, 0.6) is 0 Å². The van der Waals surface area contributed by atoms with E-state index in [2.05, 4.69) is 10.3 Å². The molecule has 0 saturated heterocycles. The number of nitrogens with one attached hydrogen (secondary N) is 1. The number of nitrogens with zero attached hydrogens (tertiary/aromatic N) is 1. The maximum absolute atomic E-state index is 11.5. The fourth-order valence-corrected chi connectivity index (χ4v) is 1.96. The molecule has 0 unspecified atom stereocenters. The molecule has 100 valence electrons. The van der Waals surface area contributed by atoms with Crippen molar-refractivity contribution in [2.45, 2.75) is 39.3 Å². The molecule has 0 radical (unpaired) electrons. The van der Waals surface area contributed by atoms with Crippen molar-refractivity contribution in [2.75, 3.05) is 0 Å². The Morgan fingerprint density at radius 1 is 1.50 bits per heavy atom. The Morgan fingerprint density at radius 2 is 2.11 bits per heavy atom. The van der Waals surface area contributed by atoms with Crippen molar-refractivity contribution in [1.82, 2.24) is 10.3 Å². The molecule has 0 bridgehead atoms. The van der Waals surface area contributed by atoms with Crippen LogP contribution in [-0.2, 0) is 4.74 Å². The van der Waals surface area contributed by atoms with Gasteiger partial charge >= 0.3 is 6.09 Å². The van der Waals surface area contributed by atoms with Crippen LogP contribution in [0.15, 0.2) is 5.38 Å². The van der Waals surface area contributed by atoms with Gasteiger partial charge in [-0.2, -0.15) is 0 Å². The normalized spacial score (nSPS) is 12.9. The topological polar surface area (TPSA) is 94.3 Å². The van der Waals surface area contributed by atoms with Crippen LogP contribution in [0.4, 0.5) is 4.79 Å². The van der Waals surface area contributed by atoms with Crippen LogP contribution in [0, 0.1) is 0 Å². The number of carbonyl (C=O) groups excluding carboxylic acids is 2. The van der Waals surface area contributed by atoms with E-state index >= 15 is 0 Å². The van der Waals surface area contributed by atoms with E-state index in [4.69, 9.17) is 10.5 Å². The first-order valence-corrected chi connectivity index (χ1v) is 6.32. The first kappa shape index (κ1) is 14.4. The van der Waals surface area contributed by atoms with Crippen molar-refractivity contribution in [3.05, 3.63) is 16.1 Å². The highest BCUT2D eigenvalue weighted by Gasteiger charge is 2.20. The number of hydrogen-bond donors (Lipinski definition) is 2. The molecule has 1 rings (SSSR count). The number of amides is 2. The van der Waals surface area contributed by atoms with E-state index in [0.29, 0.717) is 5.01 Å². The second kappa shape index (κ2) is 5.34. The molecule has 0 aliphatic carbocycles. The van der Waals surface area contributed by atoms with Gasteiger partial charge in [-0.25, -0.2) is 9.78 Å². The van der Waals surface area contributed by atoms with Gasteiger partial charge in [-0.05, 0) is 27.7 Å². The summed E-state index contributed by atoms with van der Waals surface area (Å²) in [7, 11) is 0. The summed E-state index contributed by atoms with van der Waals surface area (Å²) in [4.78, 5) is 26.5. The van der Waals surface area contributed by atoms with Crippen LogP contribution in [0.1, 0.15) is 49.2 Å². The van der Waals surface area contributed by atoms with Gasteiger partial charge in [-0.1, -0.05) is 0 Å². The highest BCUT2D eigenvalue weighted by atomic mass is 32.1. The molecule has 3 N–H and O–H groups in total. The first-order chi connectivity index (χ1) is 8.19. The SMILES string of the molecule is C[C@H](NC(=O)OC(C)(C)C)c1nc(C(N)=O)cs1. The molecule has 7 heteroatoms. The largest absolute Gasteiger partial charge is 0.444 e. The Labute approximate surface area is 110 Å². The zero-order valence-electron chi connectivity index (χ0n) is 10.8. The van der Waals surface area contributed by atoms with Crippen molar-refractivity contribution in [3.63, 3.8) is 0 Å². The van der Waals surface area contributed by atoms with Crippen LogP contribution >= 0.6 is 11.3 Å². The predicted molar refractivity (Wildman–Crippen MR) is 68.4 cm³/mol. The van der Waals surface area contributed by atoms with E-state index in [-0.39, 0.29) is 11.7 Å². The minimum atomic E-state index is -0.582. The van der Waals surface area contributed by atoms with Gasteiger partial charge in [0.2, 0.25) is 0 Å². The monoisotopic (exact) mass is 271 g/mol. The van der Waals surface area contributed by atoms with Crippen molar-refractivity contribution < 1.29 is 14.3 Å². The third kappa shape index (κ3) is 4.33. The Hall–Kier alpha value is -1.63. The third-order valence-corrected chi connectivity index (χ3v) is 2.91. The molecule has 0 aliphatic heterocycles. The fourth-order valence-electron chi connectivity index (χ4n) is 1.15. The van der Waals surface area contributed by atoms with E-state index in [1.165, 1.54) is 11.3 Å². The van der Waals surface area contributed by atoms with Crippen LogP contribution in [0.3, 0.4) is 0 Å². The highest BCUT2D eigenvalue weighted by molar-refractivity contribution is 7.09. The molecule has 18 heavy (non-hydrogen) atoms. The molecule has 0 saturated carbocycles. The van der Waals surface area contributed by atoms with Crippen molar-refractivity contribution in [3.8, 4) is 0 Å². The predicted octanol–water partition coefficient (Wildman–Crippen LogP) is 1.83. The zero-order valence-corrected chi connectivity index (χ0v) is 11.6. The van der Waals surface area contributed by atoms with E-state index in [0.717, 1.165) is 0 Å². The Kier molecular flexibility index (Phi) is 4.28. The molecule has 1 aromatic rings.